The maximum Gasteiger partial charge on any atom is 0.159 e. The molecule has 1 aliphatic rings. The van der Waals surface area contributed by atoms with Crippen molar-refractivity contribution < 1.29 is 4.79 Å². The van der Waals surface area contributed by atoms with E-state index in [1.807, 2.05) is 0 Å². The van der Waals surface area contributed by atoms with E-state index >= 15 is 0 Å². The number of carbonyl (C=O) groups is 1. The Kier molecular flexibility index (Phi) is 7.61. The normalized spacial score (nSPS) is 15.2. The summed E-state index contributed by atoms with van der Waals surface area (Å²) in [5.74, 6) is 0.940. The van der Waals surface area contributed by atoms with Crippen LogP contribution in [-0.2, 0) is 0 Å². The minimum Gasteiger partial charge on any atom is -0.295 e. The second-order valence-corrected chi connectivity index (χ2v) is 5.85. The zero-order valence-corrected chi connectivity index (χ0v) is 13.4. The third-order valence-corrected chi connectivity index (χ3v) is 4.14. The van der Waals surface area contributed by atoms with E-state index in [0.717, 1.165) is 5.92 Å². The van der Waals surface area contributed by atoms with Crippen molar-refractivity contribution in [3.63, 3.8) is 0 Å². The van der Waals surface area contributed by atoms with Crippen molar-refractivity contribution in [2.24, 2.45) is 5.92 Å². The zero-order chi connectivity index (χ0) is 15.0. The van der Waals surface area contributed by atoms with Gasteiger partial charge in [0.15, 0.2) is 5.78 Å². The molecule has 0 saturated heterocycles. The van der Waals surface area contributed by atoms with E-state index in [4.69, 9.17) is 11.6 Å². The summed E-state index contributed by atoms with van der Waals surface area (Å²) in [5.41, 5.74) is 2.18. The summed E-state index contributed by atoms with van der Waals surface area (Å²) in [4.78, 5) is 10.7. The van der Waals surface area contributed by atoms with Crippen molar-refractivity contribution in [3.05, 3.63) is 47.0 Å². The molecule has 0 aliphatic heterocycles. The highest BCUT2D eigenvalue weighted by Gasteiger charge is 2.14. The second-order valence-electron chi connectivity index (χ2n) is 5.41. The maximum atomic E-state index is 10.7. The minimum atomic E-state index is 0.0664. The van der Waals surface area contributed by atoms with Crippen molar-refractivity contribution in [2.45, 2.75) is 52.4 Å². The number of benzene rings is 1. The number of hydrogen-bond donors (Lipinski definition) is 0. The Morgan fingerprint density at radius 3 is 2.20 bits per heavy atom. The fraction of sp³-hybridized carbons (Fsp3) is 0.500. The molecule has 2 rings (SSSR count). The highest BCUT2D eigenvalue weighted by Crippen LogP contribution is 2.29. The Morgan fingerprint density at radius 1 is 1.20 bits per heavy atom. The van der Waals surface area contributed by atoms with Gasteiger partial charge in [0.25, 0.3) is 0 Å². The van der Waals surface area contributed by atoms with Crippen LogP contribution in [0, 0.1) is 5.92 Å². The molecular formula is C18H25ClO. The molecule has 0 atom stereocenters. The maximum absolute atomic E-state index is 10.7. The van der Waals surface area contributed by atoms with Gasteiger partial charge in [-0.3, -0.25) is 4.79 Å². The van der Waals surface area contributed by atoms with E-state index in [1.165, 1.54) is 51.0 Å². The van der Waals surface area contributed by atoms with Gasteiger partial charge in [-0.25, -0.2) is 0 Å². The molecule has 1 nitrogen and oxygen atoms in total. The number of rotatable bonds is 3. The van der Waals surface area contributed by atoms with Crippen LogP contribution in [0.2, 0.25) is 5.02 Å². The van der Waals surface area contributed by atoms with Crippen LogP contribution in [0.15, 0.2) is 36.4 Å². The molecule has 0 radical (unpaired) electrons. The fourth-order valence-corrected chi connectivity index (χ4v) is 2.61. The summed E-state index contributed by atoms with van der Waals surface area (Å²) in [7, 11) is 0. The number of carbonyl (C=O) groups excluding carboxylic acids is 1. The van der Waals surface area contributed by atoms with Crippen molar-refractivity contribution in [3.8, 4) is 0 Å². The molecule has 1 aliphatic carbocycles. The molecule has 0 N–H and O–H groups in total. The Hall–Kier alpha value is -1.08. The second kappa shape index (κ2) is 8.97. The molecule has 0 spiro atoms. The predicted octanol–water partition coefficient (Wildman–Crippen LogP) is 6.08. The number of Topliss-reactive ketones (excluding diaryl/α,β-unsaturated/α-hetero) is 1. The fourth-order valence-electron chi connectivity index (χ4n) is 2.48. The Labute approximate surface area is 128 Å². The van der Waals surface area contributed by atoms with Gasteiger partial charge in [-0.2, -0.15) is 0 Å². The van der Waals surface area contributed by atoms with E-state index in [9.17, 15) is 4.79 Å². The Bertz CT molecular complexity index is 427. The topological polar surface area (TPSA) is 17.1 Å². The monoisotopic (exact) mass is 292 g/mol. The first-order valence-electron chi connectivity index (χ1n) is 7.48. The molecule has 0 bridgehead atoms. The first kappa shape index (κ1) is 17.0. The van der Waals surface area contributed by atoms with Gasteiger partial charge in [-0.05, 0) is 56.4 Å². The van der Waals surface area contributed by atoms with Gasteiger partial charge in [-0.15, -0.1) is 0 Å². The molecule has 1 aromatic rings. The summed E-state index contributed by atoms with van der Waals surface area (Å²) < 4.78 is 0. The van der Waals surface area contributed by atoms with Crippen molar-refractivity contribution in [1.29, 1.82) is 0 Å². The average molecular weight is 293 g/mol. The van der Waals surface area contributed by atoms with Gasteiger partial charge >= 0.3 is 0 Å². The number of ketones is 1. The van der Waals surface area contributed by atoms with Crippen LogP contribution in [-0.4, -0.2) is 5.78 Å². The van der Waals surface area contributed by atoms with Crippen LogP contribution in [0.5, 0.6) is 0 Å². The van der Waals surface area contributed by atoms with Gasteiger partial charge < -0.3 is 0 Å². The number of hydrogen-bond acceptors (Lipinski definition) is 1. The van der Waals surface area contributed by atoms with E-state index in [-0.39, 0.29) is 5.78 Å². The largest absolute Gasteiger partial charge is 0.295 e. The molecule has 0 amide bonds. The van der Waals surface area contributed by atoms with Crippen molar-refractivity contribution in [1.82, 2.24) is 0 Å². The van der Waals surface area contributed by atoms with E-state index < -0.39 is 0 Å². The lowest BCUT2D eigenvalue weighted by Crippen LogP contribution is -2.07. The van der Waals surface area contributed by atoms with Crippen LogP contribution in [0.25, 0.3) is 0 Å². The molecule has 20 heavy (non-hydrogen) atoms. The molecular weight excluding hydrogens is 268 g/mol. The highest BCUT2D eigenvalue weighted by atomic mass is 35.5. The van der Waals surface area contributed by atoms with Crippen molar-refractivity contribution in [2.75, 3.05) is 0 Å². The van der Waals surface area contributed by atoms with Gasteiger partial charge in [0.05, 0.1) is 0 Å². The smallest absolute Gasteiger partial charge is 0.159 e. The van der Waals surface area contributed by atoms with E-state index in [2.05, 4.69) is 13.5 Å². The number of allylic oxidation sites excluding steroid dienone is 1. The molecule has 110 valence electrons. The molecule has 1 fully saturated rings. The lowest BCUT2D eigenvalue weighted by atomic mass is 9.83. The Balaban J connectivity index is 0.000000200. The lowest BCUT2D eigenvalue weighted by molar-refractivity contribution is 0.101. The minimum absolute atomic E-state index is 0.0664. The first-order valence-corrected chi connectivity index (χ1v) is 7.86. The summed E-state index contributed by atoms with van der Waals surface area (Å²) >= 11 is 5.61. The van der Waals surface area contributed by atoms with Crippen LogP contribution >= 0.6 is 11.6 Å². The Morgan fingerprint density at radius 2 is 1.75 bits per heavy atom. The number of halogens is 1. The van der Waals surface area contributed by atoms with Gasteiger partial charge in [0.2, 0.25) is 0 Å². The van der Waals surface area contributed by atoms with Crippen LogP contribution < -0.4 is 0 Å². The van der Waals surface area contributed by atoms with Crippen LogP contribution in [0.1, 0.15) is 62.7 Å². The molecule has 0 unspecified atom stereocenters. The van der Waals surface area contributed by atoms with E-state index in [1.54, 1.807) is 24.3 Å². The van der Waals surface area contributed by atoms with Crippen LogP contribution in [0.3, 0.4) is 0 Å². The van der Waals surface area contributed by atoms with Crippen LogP contribution in [0.4, 0.5) is 0 Å². The standard InChI is InChI=1S/C10H18.C8H7ClO/c1-3-9(2)10-7-5-4-6-8-10;1-6(10)7-2-4-8(9)5-3-7/h10H,2-8H2,1H3;2-5H,1H3. The lowest BCUT2D eigenvalue weighted by Gasteiger charge is -2.22. The first-order chi connectivity index (χ1) is 9.54. The summed E-state index contributed by atoms with van der Waals surface area (Å²) in [6.07, 6.45) is 8.32. The van der Waals surface area contributed by atoms with Gasteiger partial charge in [0, 0.05) is 10.6 Å². The molecule has 0 heterocycles. The SMILES string of the molecule is C=C(CC)C1CCCCC1.CC(=O)c1ccc(Cl)cc1. The summed E-state index contributed by atoms with van der Waals surface area (Å²) in [5, 5.41) is 0.657. The predicted molar refractivity (Wildman–Crippen MR) is 87.5 cm³/mol. The zero-order valence-electron chi connectivity index (χ0n) is 12.6. The van der Waals surface area contributed by atoms with E-state index in [0.29, 0.717) is 10.6 Å². The van der Waals surface area contributed by atoms with Gasteiger partial charge in [0.1, 0.15) is 0 Å². The van der Waals surface area contributed by atoms with Gasteiger partial charge in [-0.1, -0.05) is 49.9 Å². The summed E-state index contributed by atoms with van der Waals surface area (Å²) in [6.45, 7) is 7.85. The third kappa shape index (κ3) is 5.92. The molecule has 1 aromatic carbocycles. The average Bonchev–Trinajstić information content (AvgIpc) is 2.48. The molecule has 1 saturated carbocycles. The molecule has 2 heteroatoms. The summed E-state index contributed by atoms with van der Waals surface area (Å²) in [6, 6.07) is 6.84. The molecule has 0 aromatic heterocycles. The highest BCUT2D eigenvalue weighted by molar-refractivity contribution is 6.30. The van der Waals surface area contributed by atoms with Crippen molar-refractivity contribution >= 4 is 17.4 Å². The quantitative estimate of drug-likeness (QED) is 0.488. The third-order valence-electron chi connectivity index (χ3n) is 3.89.